The molecule has 0 bridgehead atoms. The first kappa shape index (κ1) is 15.3. The number of nitrogens with zero attached hydrogens (tertiary/aromatic N) is 4. The van der Waals surface area contributed by atoms with Crippen LogP contribution in [0.4, 0.5) is 4.39 Å². The van der Waals surface area contributed by atoms with Crippen LogP contribution in [0.3, 0.4) is 0 Å². The van der Waals surface area contributed by atoms with Crippen molar-refractivity contribution >= 4 is 17.6 Å². The zero-order chi connectivity index (χ0) is 16.4. The van der Waals surface area contributed by atoms with E-state index in [9.17, 15) is 9.18 Å². The van der Waals surface area contributed by atoms with Gasteiger partial charge in [-0.25, -0.2) is 9.07 Å². The van der Waals surface area contributed by atoms with E-state index in [0.29, 0.717) is 5.69 Å². The first-order valence-corrected chi connectivity index (χ1v) is 7.68. The fourth-order valence-electron chi connectivity index (χ4n) is 2.30. The molecule has 3 aromatic rings. The van der Waals surface area contributed by atoms with E-state index in [2.05, 4.69) is 19.2 Å². The summed E-state index contributed by atoms with van der Waals surface area (Å²) in [4.78, 5) is 12.0. The highest BCUT2D eigenvalue weighted by Crippen LogP contribution is 2.20. The van der Waals surface area contributed by atoms with Gasteiger partial charge in [-0.3, -0.25) is 4.79 Å². The minimum absolute atomic E-state index is 0.238. The van der Waals surface area contributed by atoms with Crippen molar-refractivity contribution in [2.24, 2.45) is 0 Å². The molecule has 118 valence electrons. The van der Waals surface area contributed by atoms with Gasteiger partial charge in [0, 0.05) is 11.3 Å². The predicted octanol–water partition coefficient (Wildman–Crippen LogP) is 2.66. The second kappa shape index (κ2) is 6.25. The molecule has 1 atom stereocenters. The molecule has 2 heterocycles. The van der Waals surface area contributed by atoms with Crippen molar-refractivity contribution in [3.05, 3.63) is 59.4 Å². The number of benzene rings is 1. The molecule has 23 heavy (non-hydrogen) atoms. The molecular weight excluding hydrogens is 317 g/mol. The Morgan fingerprint density at radius 1 is 1.30 bits per heavy atom. The molecule has 1 amide bonds. The highest BCUT2D eigenvalue weighted by Gasteiger charge is 2.18. The summed E-state index contributed by atoms with van der Waals surface area (Å²) < 4.78 is 22.5. The lowest BCUT2D eigenvalue weighted by atomic mass is 10.1. The molecule has 0 spiro atoms. The Kier molecular flexibility index (Phi) is 4.16. The number of hydrogen-bond acceptors (Lipinski definition) is 5. The number of aromatic nitrogens is 4. The number of halogens is 1. The van der Waals surface area contributed by atoms with Gasteiger partial charge in [0.1, 0.15) is 5.82 Å². The zero-order valence-corrected chi connectivity index (χ0v) is 13.3. The van der Waals surface area contributed by atoms with Gasteiger partial charge in [0.25, 0.3) is 5.91 Å². The molecule has 0 unspecified atom stereocenters. The van der Waals surface area contributed by atoms with Crippen molar-refractivity contribution in [3.63, 3.8) is 0 Å². The molecule has 1 N–H and O–H groups in total. The van der Waals surface area contributed by atoms with Gasteiger partial charge >= 0.3 is 0 Å². The SMILES string of the molecule is Cc1c([C@@H](C)NC(=O)c2cnsn2)cnn1-c1ccc(F)cc1. The quantitative estimate of drug-likeness (QED) is 0.798. The molecule has 0 aliphatic rings. The Hall–Kier alpha value is -2.61. The Bertz CT molecular complexity index is 813. The lowest BCUT2D eigenvalue weighted by molar-refractivity contribution is 0.0935. The number of amides is 1. The van der Waals surface area contributed by atoms with E-state index in [1.54, 1.807) is 23.0 Å². The van der Waals surface area contributed by atoms with E-state index < -0.39 is 0 Å². The average molecular weight is 331 g/mol. The summed E-state index contributed by atoms with van der Waals surface area (Å²) in [6.45, 7) is 3.77. The topological polar surface area (TPSA) is 72.7 Å². The van der Waals surface area contributed by atoms with E-state index in [0.717, 1.165) is 28.7 Å². The normalized spacial score (nSPS) is 12.1. The molecular formula is C15H14FN5OS. The third-order valence-corrected chi connectivity index (χ3v) is 4.01. The van der Waals surface area contributed by atoms with Gasteiger partial charge in [0.15, 0.2) is 5.69 Å². The summed E-state index contributed by atoms with van der Waals surface area (Å²) in [6.07, 6.45) is 3.13. The molecule has 1 aromatic carbocycles. The van der Waals surface area contributed by atoms with Crippen LogP contribution < -0.4 is 5.32 Å². The van der Waals surface area contributed by atoms with E-state index in [1.165, 1.54) is 18.3 Å². The summed E-state index contributed by atoms with van der Waals surface area (Å²) in [5.41, 5.74) is 2.81. The second-order valence-corrected chi connectivity index (χ2v) is 5.62. The zero-order valence-electron chi connectivity index (χ0n) is 12.5. The third-order valence-electron chi connectivity index (χ3n) is 3.53. The van der Waals surface area contributed by atoms with Crippen LogP contribution in [0.15, 0.2) is 36.7 Å². The lowest BCUT2D eigenvalue weighted by Crippen LogP contribution is -2.27. The number of nitrogens with one attached hydrogen (secondary N) is 1. The standard InChI is InChI=1S/C15H14FN5OS/c1-9(19-15(22)14-8-18-23-20-14)13-7-17-21(10(13)2)12-5-3-11(16)4-6-12/h3-9H,1-2H3,(H,19,22)/t9-/m1/s1. The van der Waals surface area contributed by atoms with Crippen LogP contribution in [0.5, 0.6) is 0 Å². The van der Waals surface area contributed by atoms with Crippen molar-refractivity contribution in [1.82, 2.24) is 23.8 Å². The Morgan fingerprint density at radius 2 is 2.04 bits per heavy atom. The van der Waals surface area contributed by atoms with Gasteiger partial charge in [0.2, 0.25) is 0 Å². The van der Waals surface area contributed by atoms with Gasteiger partial charge < -0.3 is 5.32 Å². The molecule has 6 nitrogen and oxygen atoms in total. The third kappa shape index (κ3) is 3.11. The smallest absolute Gasteiger partial charge is 0.273 e. The minimum atomic E-state index is -0.295. The van der Waals surface area contributed by atoms with Gasteiger partial charge in [-0.2, -0.15) is 13.8 Å². The van der Waals surface area contributed by atoms with Crippen LogP contribution in [-0.4, -0.2) is 24.4 Å². The summed E-state index contributed by atoms with van der Waals surface area (Å²) in [7, 11) is 0. The molecule has 3 rings (SSSR count). The lowest BCUT2D eigenvalue weighted by Gasteiger charge is -2.13. The first-order valence-electron chi connectivity index (χ1n) is 6.95. The molecule has 0 radical (unpaired) electrons. The Balaban J connectivity index is 1.81. The Morgan fingerprint density at radius 3 is 2.70 bits per heavy atom. The fraction of sp³-hybridized carbons (Fsp3) is 0.200. The van der Waals surface area contributed by atoms with E-state index in [1.807, 2.05) is 13.8 Å². The average Bonchev–Trinajstić information content (AvgIpc) is 3.18. The van der Waals surface area contributed by atoms with Crippen LogP contribution >= 0.6 is 11.7 Å². The van der Waals surface area contributed by atoms with E-state index in [-0.39, 0.29) is 17.8 Å². The van der Waals surface area contributed by atoms with Crippen LogP contribution in [0.2, 0.25) is 0 Å². The van der Waals surface area contributed by atoms with Crippen molar-refractivity contribution in [2.75, 3.05) is 0 Å². The van der Waals surface area contributed by atoms with Crippen molar-refractivity contribution in [1.29, 1.82) is 0 Å². The van der Waals surface area contributed by atoms with Gasteiger partial charge in [0.05, 0.1) is 35.9 Å². The van der Waals surface area contributed by atoms with Crippen molar-refractivity contribution < 1.29 is 9.18 Å². The van der Waals surface area contributed by atoms with Crippen LogP contribution in [0, 0.1) is 12.7 Å². The maximum absolute atomic E-state index is 13.0. The maximum atomic E-state index is 13.0. The molecule has 0 saturated carbocycles. The number of carbonyl (C=O) groups is 1. The molecule has 0 aliphatic heterocycles. The molecule has 0 fully saturated rings. The second-order valence-electron chi connectivity index (χ2n) is 5.06. The van der Waals surface area contributed by atoms with E-state index in [4.69, 9.17) is 0 Å². The van der Waals surface area contributed by atoms with E-state index >= 15 is 0 Å². The van der Waals surface area contributed by atoms with Crippen molar-refractivity contribution in [2.45, 2.75) is 19.9 Å². The van der Waals surface area contributed by atoms with Gasteiger partial charge in [-0.05, 0) is 38.1 Å². The number of rotatable bonds is 4. The largest absolute Gasteiger partial charge is 0.344 e. The summed E-state index contributed by atoms with van der Waals surface area (Å²) >= 11 is 0.989. The minimum Gasteiger partial charge on any atom is -0.344 e. The Labute approximate surface area is 136 Å². The summed E-state index contributed by atoms with van der Waals surface area (Å²) in [5, 5.41) is 7.19. The highest BCUT2D eigenvalue weighted by atomic mass is 32.1. The highest BCUT2D eigenvalue weighted by molar-refractivity contribution is 6.99. The molecule has 2 aromatic heterocycles. The first-order chi connectivity index (χ1) is 11.1. The van der Waals surface area contributed by atoms with Crippen molar-refractivity contribution in [3.8, 4) is 5.69 Å². The number of hydrogen-bond donors (Lipinski definition) is 1. The number of carbonyl (C=O) groups excluding carboxylic acids is 1. The maximum Gasteiger partial charge on any atom is 0.273 e. The van der Waals surface area contributed by atoms with Crippen LogP contribution in [0.1, 0.15) is 34.7 Å². The molecule has 8 heteroatoms. The molecule has 0 saturated heterocycles. The van der Waals surface area contributed by atoms with Crippen LogP contribution in [0.25, 0.3) is 5.69 Å². The van der Waals surface area contributed by atoms with Crippen LogP contribution in [-0.2, 0) is 0 Å². The summed E-state index contributed by atoms with van der Waals surface area (Å²) in [6, 6.07) is 5.85. The molecule has 0 aliphatic carbocycles. The monoisotopic (exact) mass is 331 g/mol. The van der Waals surface area contributed by atoms with Gasteiger partial charge in [-0.15, -0.1) is 0 Å². The predicted molar refractivity (Wildman–Crippen MR) is 84.0 cm³/mol. The summed E-state index contributed by atoms with van der Waals surface area (Å²) in [5.74, 6) is -0.573. The fourth-order valence-corrected chi connectivity index (χ4v) is 2.72. The van der Waals surface area contributed by atoms with Gasteiger partial charge in [-0.1, -0.05) is 0 Å².